The highest BCUT2D eigenvalue weighted by molar-refractivity contribution is 6.62. The standard InChI is InChI=1S/C19H29BFNO4/c1-12-9-14(20-25-18(5,6)19(7,8)26-20)15(21)10-13(12)11-22-16(23)24-17(2,3)4/h9-10H,11H2,1-8H3,(H,22,23). The van der Waals surface area contributed by atoms with Crippen LogP contribution in [0.1, 0.15) is 59.6 Å². The quantitative estimate of drug-likeness (QED) is 0.834. The molecule has 0 aromatic heterocycles. The molecule has 0 unspecified atom stereocenters. The Morgan fingerprint density at radius 1 is 1.19 bits per heavy atom. The molecule has 1 heterocycles. The van der Waals surface area contributed by atoms with Crippen molar-refractivity contribution < 1.29 is 23.2 Å². The van der Waals surface area contributed by atoms with Crippen LogP contribution >= 0.6 is 0 Å². The largest absolute Gasteiger partial charge is 0.497 e. The Morgan fingerprint density at radius 2 is 1.73 bits per heavy atom. The van der Waals surface area contributed by atoms with Crippen molar-refractivity contribution in [3.05, 3.63) is 29.1 Å². The maximum Gasteiger partial charge on any atom is 0.497 e. The third kappa shape index (κ3) is 4.57. The summed E-state index contributed by atoms with van der Waals surface area (Å²) in [6.07, 6.45) is -0.535. The lowest BCUT2D eigenvalue weighted by Crippen LogP contribution is -2.41. The molecule has 0 atom stereocenters. The van der Waals surface area contributed by atoms with Gasteiger partial charge in [0.15, 0.2) is 0 Å². The van der Waals surface area contributed by atoms with E-state index in [1.165, 1.54) is 6.07 Å². The van der Waals surface area contributed by atoms with Gasteiger partial charge in [0.25, 0.3) is 0 Å². The number of nitrogens with one attached hydrogen (secondary N) is 1. The van der Waals surface area contributed by atoms with Gasteiger partial charge in [-0.05, 0) is 72.6 Å². The third-order valence-electron chi connectivity index (χ3n) is 4.78. The molecule has 144 valence electrons. The summed E-state index contributed by atoms with van der Waals surface area (Å²) in [6.45, 7) is 15.1. The molecule has 2 rings (SSSR count). The summed E-state index contributed by atoms with van der Waals surface area (Å²) in [5.41, 5.74) is 0.234. The predicted molar refractivity (Wildman–Crippen MR) is 99.9 cm³/mol. The van der Waals surface area contributed by atoms with E-state index in [0.29, 0.717) is 11.0 Å². The molecule has 1 fully saturated rings. The number of aryl methyl sites for hydroxylation is 1. The number of halogens is 1. The van der Waals surface area contributed by atoms with Gasteiger partial charge in [0.1, 0.15) is 11.4 Å². The van der Waals surface area contributed by atoms with Crippen molar-refractivity contribution in [2.75, 3.05) is 0 Å². The predicted octanol–water partition coefficient (Wildman–Crippen LogP) is 3.46. The topological polar surface area (TPSA) is 56.8 Å². The molecule has 1 aliphatic rings. The van der Waals surface area contributed by atoms with Gasteiger partial charge in [0.2, 0.25) is 0 Å². The van der Waals surface area contributed by atoms with Crippen LogP contribution < -0.4 is 10.8 Å². The summed E-state index contributed by atoms with van der Waals surface area (Å²) in [6, 6.07) is 3.12. The van der Waals surface area contributed by atoms with Gasteiger partial charge in [-0.3, -0.25) is 0 Å². The first-order valence-electron chi connectivity index (χ1n) is 8.83. The molecule has 1 saturated heterocycles. The highest BCUT2D eigenvalue weighted by Crippen LogP contribution is 2.36. The van der Waals surface area contributed by atoms with Crippen LogP contribution in [0.2, 0.25) is 0 Å². The number of hydrogen-bond acceptors (Lipinski definition) is 4. The van der Waals surface area contributed by atoms with E-state index in [9.17, 15) is 9.18 Å². The number of carbonyl (C=O) groups excluding carboxylic acids is 1. The first-order chi connectivity index (χ1) is 11.7. The lowest BCUT2D eigenvalue weighted by atomic mass is 9.77. The first kappa shape index (κ1) is 20.7. The molecule has 0 aliphatic carbocycles. The molecule has 7 heteroatoms. The second kappa shape index (κ2) is 6.85. The van der Waals surface area contributed by atoms with E-state index in [0.717, 1.165) is 5.56 Å². The molecular weight excluding hydrogens is 336 g/mol. The maximum atomic E-state index is 14.7. The van der Waals surface area contributed by atoms with E-state index in [4.69, 9.17) is 14.0 Å². The molecule has 0 bridgehead atoms. The Morgan fingerprint density at radius 3 is 2.23 bits per heavy atom. The van der Waals surface area contributed by atoms with Crippen molar-refractivity contribution in [1.82, 2.24) is 5.32 Å². The lowest BCUT2D eigenvalue weighted by molar-refractivity contribution is 0.00578. The van der Waals surface area contributed by atoms with Gasteiger partial charge in [0, 0.05) is 12.0 Å². The minimum absolute atomic E-state index is 0.182. The third-order valence-corrected chi connectivity index (χ3v) is 4.78. The second-order valence-electron chi connectivity index (χ2n) is 8.74. The second-order valence-corrected chi connectivity index (χ2v) is 8.74. The van der Waals surface area contributed by atoms with Crippen LogP contribution in [-0.2, 0) is 20.6 Å². The Hall–Kier alpha value is -1.60. The van der Waals surface area contributed by atoms with Crippen LogP contribution in [0.15, 0.2) is 12.1 Å². The summed E-state index contributed by atoms with van der Waals surface area (Å²) in [4.78, 5) is 11.8. The van der Waals surface area contributed by atoms with Crippen molar-refractivity contribution in [2.45, 2.75) is 78.7 Å². The smallest absolute Gasteiger partial charge is 0.444 e. The highest BCUT2D eigenvalue weighted by Gasteiger charge is 2.52. The van der Waals surface area contributed by atoms with E-state index >= 15 is 0 Å². The van der Waals surface area contributed by atoms with Crippen molar-refractivity contribution in [1.29, 1.82) is 0 Å². The average Bonchev–Trinajstić information content (AvgIpc) is 2.66. The highest BCUT2D eigenvalue weighted by atomic mass is 19.1. The summed E-state index contributed by atoms with van der Waals surface area (Å²) >= 11 is 0. The van der Waals surface area contributed by atoms with Crippen LogP contribution in [0, 0.1) is 12.7 Å². The fourth-order valence-electron chi connectivity index (χ4n) is 2.57. The van der Waals surface area contributed by atoms with Crippen molar-refractivity contribution in [3.8, 4) is 0 Å². The fraction of sp³-hybridized carbons (Fsp3) is 0.632. The molecule has 1 aromatic carbocycles. The molecular formula is C19H29BFNO4. The summed E-state index contributed by atoms with van der Waals surface area (Å²) < 4.78 is 31.7. The van der Waals surface area contributed by atoms with Gasteiger partial charge >= 0.3 is 13.2 Å². The van der Waals surface area contributed by atoms with Gasteiger partial charge in [-0.2, -0.15) is 0 Å². The minimum Gasteiger partial charge on any atom is -0.444 e. The fourth-order valence-corrected chi connectivity index (χ4v) is 2.57. The number of ether oxygens (including phenoxy) is 1. The van der Waals surface area contributed by atoms with Crippen LogP contribution in [0.3, 0.4) is 0 Å². The molecule has 1 aromatic rings. The Kier molecular flexibility index (Phi) is 5.46. The van der Waals surface area contributed by atoms with Gasteiger partial charge in [-0.25, -0.2) is 9.18 Å². The maximum absolute atomic E-state index is 14.7. The molecule has 5 nitrogen and oxygen atoms in total. The molecule has 1 N–H and O–H groups in total. The van der Waals surface area contributed by atoms with Gasteiger partial charge in [-0.15, -0.1) is 0 Å². The van der Waals surface area contributed by atoms with Crippen LogP contribution in [0.5, 0.6) is 0 Å². The summed E-state index contributed by atoms with van der Waals surface area (Å²) in [7, 11) is -0.758. The van der Waals surface area contributed by atoms with Crippen molar-refractivity contribution in [2.24, 2.45) is 0 Å². The zero-order valence-corrected chi connectivity index (χ0v) is 17.0. The number of benzene rings is 1. The normalized spacial score (nSPS) is 18.7. The van der Waals surface area contributed by atoms with Crippen LogP contribution in [0.4, 0.5) is 9.18 Å². The Labute approximate surface area is 155 Å². The molecule has 0 radical (unpaired) electrons. The molecule has 1 aliphatic heterocycles. The number of hydrogen-bond donors (Lipinski definition) is 1. The number of rotatable bonds is 3. The monoisotopic (exact) mass is 365 g/mol. The van der Waals surface area contributed by atoms with Crippen LogP contribution in [0.25, 0.3) is 0 Å². The van der Waals surface area contributed by atoms with Crippen molar-refractivity contribution >= 4 is 18.7 Å². The summed E-state index contributed by atoms with van der Waals surface area (Å²) in [5.74, 6) is -0.421. The molecule has 0 spiro atoms. The molecule has 26 heavy (non-hydrogen) atoms. The zero-order valence-electron chi connectivity index (χ0n) is 17.0. The van der Waals surface area contributed by atoms with E-state index in [-0.39, 0.29) is 6.54 Å². The van der Waals surface area contributed by atoms with Crippen LogP contribution in [-0.4, -0.2) is 30.0 Å². The Bertz CT molecular complexity index is 682. The minimum atomic E-state index is -0.758. The first-order valence-corrected chi connectivity index (χ1v) is 8.83. The van der Waals surface area contributed by atoms with E-state index in [2.05, 4.69) is 5.32 Å². The van der Waals surface area contributed by atoms with E-state index in [1.54, 1.807) is 26.8 Å². The van der Waals surface area contributed by atoms with Gasteiger partial charge < -0.3 is 19.4 Å². The average molecular weight is 365 g/mol. The summed E-state index contributed by atoms with van der Waals surface area (Å²) in [5, 5.41) is 2.65. The van der Waals surface area contributed by atoms with Gasteiger partial charge in [-0.1, -0.05) is 6.07 Å². The number of amides is 1. The molecule has 0 saturated carbocycles. The van der Waals surface area contributed by atoms with E-state index < -0.39 is 35.8 Å². The zero-order chi connectivity index (χ0) is 19.9. The van der Waals surface area contributed by atoms with Crippen molar-refractivity contribution in [3.63, 3.8) is 0 Å². The Balaban J connectivity index is 2.13. The number of alkyl carbamates (subject to hydrolysis) is 1. The van der Waals surface area contributed by atoms with Gasteiger partial charge in [0.05, 0.1) is 11.2 Å². The lowest BCUT2D eigenvalue weighted by Gasteiger charge is -2.32. The SMILES string of the molecule is Cc1cc(B2OC(C)(C)C(C)(C)O2)c(F)cc1CNC(=O)OC(C)(C)C. The van der Waals surface area contributed by atoms with E-state index in [1.807, 2.05) is 34.6 Å². The number of carbonyl (C=O) groups is 1. The molecule has 1 amide bonds.